The van der Waals surface area contributed by atoms with Gasteiger partial charge in [0.15, 0.2) is 5.96 Å². The molecule has 0 saturated carbocycles. The van der Waals surface area contributed by atoms with Crippen LogP contribution in [0.2, 0.25) is 0 Å². The molecule has 0 aromatic heterocycles. The van der Waals surface area contributed by atoms with E-state index in [0.717, 1.165) is 18.1 Å². The van der Waals surface area contributed by atoms with Gasteiger partial charge in [0.05, 0.1) is 25.3 Å². The van der Waals surface area contributed by atoms with Gasteiger partial charge < -0.3 is 15.0 Å². The van der Waals surface area contributed by atoms with E-state index in [4.69, 9.17) is 4.74 Å². The normalized spacial score (nSPS) is 19.2. The number of ether oxygens (including phenoxy) is 1. The number of nitrogens with zero attached hydrogens (tertiary/aromatic N) is 2. The molecule has 0 amide bonds. The van der Waals surface area contributed by atoms with Crippen molar-refractivity contribution in [3.05, 3.63) is 48.0 Å². The molecular weight excluding hydrogens is 319 g/mol. The number of hydrogen-bond donors (Lipinski definition) is 1. The van der Waals surface area contributed by atoms with Crippen LogP contribution in [-0.2, 0) is 10.9 Å². The Labute approximate surface area is 140 Å². The first-order chi connectivity index (χ1) is 11.5. The van der Waals surface area contributed by atoms with Gasteiger partial charge >= 0.3 is 6.18 Å². The van der Waals surface area contributed by atoms with Gasteiger partial charge in [-0.1, -0.05) is 18.2 Å². The van der Waals surface area contributed by atoms with Crippen molar-refractivity contribution in [2.75, 3.05) is 32.8 Å². The van der Waals surface area contributed by atoms with E-state index in [1.165, 1.54) is 6.07 Å². The zero-order chi connectivity index (χ0) is 17.6. The maximum atomic E-state index is 12.9. The number of aliphatic imine (C=N–C) groups is 1. The topological polar surface area (TPSA) is 36.9 Å². The summed E-state index contributed by atoms with van der Waals surface area (Å²) in [6.45, 7) is 8.32. The number of halogens is 3. The molecule has 1 unspecified atom stereocenters. The summed E-state index contributed by atoms with van der Waals surface area (Å²) in [5.74, 6) is 0.720. The highest BCUT2D eigenvalue weighted by Gasteiger charge is 2.32. The summed E-state index contributed by atoms with van der Waals surface area (Å²) in [6.07, 6.45) is -3.08. The zero-order valence-corrected chi connectivity index (χ0v) is 13.6. The van der Waals surface area contributed by atoms with Gasteiger partial charge in [-0.15, -0.1) is 6.58 Å². The number of alkyl halides is 3. The highest BCUT2D eigenvalue weighted by molar-refractivity contribution is 5.80. The van der Waals surface area contributed by atoms with Crippen LogP contribution in [0.4, 0.5) is 13.2 Å². The van der Waals surface area contributed by atoms with E-state index in [1.54, 1.807) is 12.1 Å². The molecule has 0 aliphatic carbocycles. The Hall–Kier alpha value is -2.02. The molecule has 1 aliphatic rings. The van der Waals surface area contributed by atoms with Crippen LogP contribution >= 0.6 is 0 Å². The molecule has 1 aromatic rings. The van der Waals surface area contributed by atoms with Crippen molar-refractivity contribution in [2.45, 2.75) is 19.2 Å². The zero-order valence-electron chi connectivity index (χ0n) is 13.6. The highest BCUT2D eigenvalue weighted by atomic mass is 19.4. The van der Waals surface area contributed by atoms with E-state index in [2.05, 4.69) is 16.9 Å². The van der Waals surface area contributed by atoms with Gasteiger partial charge in [0, 0.05) is 13.1 Å². The first-order valence-corrected chi connectivity index (χ1v) is 7.88. The Kier molecular flexibility index (Phi) is 6.25. The van der Waals surface area contributed by atoms with Crippen LogP contribution in [0.1, 0.15) is 24.2 Å². The molecule has 1 saturated heterocycles. The van der Waals surface area contributed by atoms with Crippen LogP contribution in [0.25, 0.3) is 0 Å². The van der Waals surface area contributed by atoms with Crippen molar-refractivity contribution in [3.8, 4) is 0 Å². The molecule has 1 N–H and O–H groups in total. The molecule has 1 aliphatic heterocycles. The van der Waals surface area contributed by atoms with Gasteiger partial charge in [0.1, 0.15) is 6.10 Å². The first kappa shape index (κ1) is 18.3. The lowest BCUT2D eigenvalue weighted by Gasteiger charge is -2.35. The van der Waals surface area contributed by atoms with Gasteiger partial charge in [-0.3, -0.25) is 0 Å². The maximum Gasteiger partial charge on any atom is 0.416 e. The predicted octanol–water partition coefficient (Wildman–Crippen LogP) is 3.23. The van der Waals surface area contributed by atoms with E-state index in [0.29, 0.717) is 38.3 Å². The van der Waals surface area contributed by atoms with E-state index in [9.17, 15) is 13.2 Å². The maximum absolute atomic E-state index is 12.9. The van der Waals surface area contributed by atoms with Gasteiger partial charge in [-0.25, -0.2) is 4.99 Å². The predicted molar refractivity (Wildman–Crippen MR) is 87.9 cm³/mol. The van der Waals surface area contributed by atoms with Crippen LogP contribution < -0.4 is 5.32 Å². The number of nitrogens with one attached hydrogen (secondary N) is 1. The van der Waals surface area contributed by atoms with Crippen molar-refractivity contribution in [3.63, 3.8) is 0 Å². The number of morpholine rings is 1. The second-order valence-electron chi connectivity index (χ2n) is 5.41. The van der Waals surface area contributed by atoms with E-state index >= 15 is 0 Å². The third-order valence-electron chi connectivity index (χ3n) is 3.66. The fourth-order valence-electron chi connectivity index (χ4n) is 2.54. The average molecular weight is 341 g/mol. The third kappa shape index (κ3) is 4.74. The fraction of sp³-hybridized carbons (Fsp3) is 0.471. The van der Waals surface area contributed by atoms with E-state index in [1.807, 2.05) is 11.8 Å². The molecular formula is C17H22F3N3O. The summed E-state index contributed by atoms with van der Waals surface area (Å²) in [5.41, 5.74) is -0.137. The number of guanidine groups is 1. The van der Waals surface area contributed by atoms with E-state index in [-0.39, 0.29) is 0 Å². The van der Waals surface area contributed by atoms with Crippen molar-refractivity contribution >= 4 is 5.96 Å². The molecule has 0 radical (unpaired) electrons. The molecule has 1 aromatic carbocycles. The number of hydrogen-bond acceptors (Lipinski definition) is 2. The van der Waals surface area contributed by atoms with Crippen LogP contribution in [0.3, 0.4) is 0 Å². The van der Waals surface area contributed by atoms with Crippen molar-refractivity contribution in [1.29, 1.82) is 0 Å². The van der Waals surface area contributed by atoms with Crippen molar-refractivity contribution in [2.24, 2.45) is 4.99 Å². The minimum absolute atomic E-state index is 0.423. The minimum Gasteiger partial charge on any atom is -0.370 e. The Bertz CT molecular complexity index is 587. The molecule has 2 rings (SSSR count). The monoisotopic (exact) mass is 341 g/mol. The molecule has 1 fully saturated rings. The average Bonchev–Trinajstić information content (AvgIpc) is 2.58. The Morgan fingerprint density at radius 2 is 2.29 bits per heavy atom. The third-order valence-corrected chi connectivity index (χ3v) is 3.66. The number of rotatable bonds is 4. The lowest BCUT2D eigenvalue weighted by Crippen LogP contribution is -2.48. The van der Waals surface area contributed by atoms with Crippen LogP contribution in [0.5, 0.6) is 0 Å². The van der Waals surface area contributed by atoms with Gasteiger partial charge in [-0.05, 0) is 24.6 Å². The molecule has 1 heterocycles. The van der Waals surface area contributed by atoms with Gasteiger partial charge in [0.25, 0.3) is 0 Å². The Morgan fingerprint density at radius 1 is 1.50 bits per heavy atom. The lowest BCUT2D eigenvalue weighted by molar-refractivity contribution is -0.137. The molecule has 24 heavy (non-hydrogen) atoms. The van der Waals surface area contributed by atoms with Gasteiger partial charge in [0.2, 0.25) is 0 Å². The SMILES string of the molecule is C=CCN=C(NCC)N1CCOC(c2cccc(C(F)(F)F)c2)C1. The highest BCUT2D eigenvalue weighted by Crippen LogP contribution is 2.32. The molecule has 1 atom stereocenters. The summed E-state index contributed by atoms with van der Waals surface area (Å²) in [7, 11) is 0. The Balaban J connectivity index is 2.16. The molecule has 7 heteroatoms. The molecule has 0 spiro atoms. The smallest absolute Gasteiger partial charge is 0.370 e. The van der Waals surface area contributed by atoms with Crippen molar-refractivity contribution in [1.82, 2.24) is 10.2 Å². The summed E-state index contributed by atoms with van der Waals surface area (Å²) in [6, 6.07) is 5.30. The van der Waals surface area contributed by atoms with E-state index < -0.39 is 17.8 Å². The lowest BCUT2D eigenvalue weighted by atomic mass is 10.0. The largest absolute Gasteiger partial charge is 0.416 e. The van der Waals surface area contributed by atoms with Crippen LogP contribution in [-0.4, -0.2) is 43.6 Å². The molecule has 0 bridgehead atoms. The van der Waals surface area contributed by atoms with Crippen molar-refractivity contribution < 1.29 is 17.9 Å². The second kappa shape index (κ2) is 8.19. The van der Waals surface area contributed by atoms with Crippen LogP contribution in [0.15, 0.2) is 41.9 Å². The van der Waals surface area contributed by atoms with Crippen LogP contribution in [0, 0.1) is 0 Å². The van der Waals surface area contributed by atoms with Gasteiger partial charge in [-0.2, -0.15) is 13.2 Å². The minimum atomic E-state index is -4.36. The Morgan fingerprint density at radius 3 is 2.96 bits per heavy atom. The molecule has 4 nitrogen and oxygen atoms in total. The standard InChI is InChI=1S/C17H22F3N3O/c1-3-8-22-16(21-4-2)23-9-10-24-15(12-23)13-6-5-7-14(11-13)17(18,19)20/h3,5-7,11,15H,1,4,8-10,12H2,2H3,(H,21,22). The number of benzene rings is 1. The molecule has 132 valence electrons. The fourth-order valence-corrected chi connectivity index (χ4v) is 2.54. The summed E-state index contributed by atoms with van der Waals surface area (Å²) >= 11 is 0. The summed E-state index contributed by atoms with van der Waals surface area (Å²) < 4.78 is 44.4. The quantitative estimate of drug-likeness (QED) is 0.519. The second-order valence-corrected chi connectivity index (χ2v) is 5.41. The first-order valence-electron chi connectivity index (χ1n) is 7.88. The summed E-state index contributed by atoms with van der Waals surface area (Å²) in [4.78, 5) is 6.42. The summed E-state index contributed by atoms with van der Waals surface area (Å²) in [5, 5.41) is 3.19.